The van der Waals surface area contributed by atoms with Crippen LogP contribution in [0, 0.1) is 5.92 Å². The van der Waals surface area contributed by atoms with Crippen molar-refractivity contribution in [2.75, 3.05) is 26.2 Å². The molecule has 2 N–H and O–H groups in total. The van der Waals surface area contributed by atoms with E-state index in [1.807, 2.05) is 13.8 Å². The molecule has 0 radical (unpaired) electrons. The molecule has 0 aromatic heterocycles. The zero-order chi connectivity index (χ0) is 10.6. The molecule has 1 aliphatic heterocycles. The van der Waals surface area contributed by atoms with Gasteiger partial charge in [0.05, 0.1) is 5.60 Å². The molecule has 0 spiro atoms. The third-order valence-electron chi connectivity index (χ3n) is 2.75. The Balaban J connectivity index is 2.32. The van der Waals surface area contributed by atoms with Crippen molar-refractivity contribution >= 4 is 0 Å². The first-order chi connectivity index (χ1) is 6.51. The zero-order valence-corrected chi connectivity index (χ0v) is 9.37. The van der Waals surface area contributed by atoms with Crippen LogP contribution in [0.1, 0.15) is 33.1 Å². The first kappa shape index (κ1) is 12.0. The maximum Gasteiger partial charge on any atom is 0.0718 e. The molecule has 1 heterocycles. The number of hydrogen-bond donors (Lipinski definition) is 2. The number of piperidine rings is 1. The van der Waals surface area contributed by atoms with E-state index in [-0.39, 0.29) is 0 Å². The summed E-state index contributed by atoms with van der Waals surface area (Å²) < 4.78 is 0. The van der Waals surface area contributed by atoms with Crippen LogP contribution in [-0.2, 0) is 0 Å². The fraction of sp³-hybridized carbons (Fsp3) is 1.00. The molecule has 1 fully saturated rings. The molecule has 0 bridgehead atoms. The predicted octanol–water partition coefficient (Wildman–Crippen LogP) is 0.852. The number of aliphatic hydroxyl groups is 2. The van der Waals surface area contributed by atoms with Crippen LogP contribution in [0.25, 0.3) is 0 Å². The van der Waals surface area contributed by atoms with Gasteiger partial charge in [0, 0.05) is 19.7 Å². The monoisotopic (exact) mass is 201 g/mol. The molecule has 1 aliphatic rings. The van der Waals surface area contributed by atoms with Crippen molar-refractivity contribution in [1.82, 2.24) is 4.90 Å². The summed E-state index contributed by atoms with van der Waals surface area (Å²) in [5, 5.41) is 18.6. The molecule has 0 saturated carbocycles. The largest absolute Gasteiger partial charge is 0.396 e. The van der Waals surface area contributed by atoms with Gasteiger partial charge in [-0.25, -0.2) is 0 Å². The molecule has 0 aromatic carbocycles. The SMILES string of the molecule is CC(C)(O)CN1CCCC(CCO)C1. The van der Waals surface area contributed by atoms with E-state index >= 15 is 0 Å². The van der Waals surface area contributed by atoms with Crippen molar-refractivity contribution < 1.29 is 10.2 Å². The summed E-state index contributed by atoms with van der Waals surface area (Å²) in [6.45, 7) is 6.86. The van der Waals surface area contributed by atoms with Gasteiger partial charge in [-0.15, -0.1) is 0 Å². The average molecular weight is 201 g/mol. The van der Waals surface area contributed by atoms with Gasteiger partial charge in [-0.1, -0.05) is 0 Å². The van der Waals surface area contributed by atoms with Gasteiger partial charge in [-0.2, -0.15) is 0 Å². The molecule has 84 valence electrons. The van der Waals surface area contributed by atoms with E-state index < -0.39 is 5.60 Å². The Hall–Kier alpha value is -0.120. The number of likely N-dealkylation sites (tertiary alicyclic amines) is 1. The Morgan fingerprint density at radius 1 is 1.43 bits per heavy atom. The molecular weight excluding hydrogens is 178 g/mol. The minimum absolute atomic E-state index is 0.293. The lowest BCUT2D eigenvalue weighted by Gasteiger charge is -2.35. The van der Waals surface area contributed by atoms with Crippen LogP contribution in [0.5, 0.6) is 0 Å². The first-order valence-electron chi connectivity index (χ1n) is 5.57. The lowest BCUT2D eigenvalue weighted by atomic mass is 9.94. The van der Waals surface area contributed by atoms with Crippen LogP contribution >= 0.6 is 0 Å². The van der Waals surface area contributed by atoms with Crippen LogP contribution in [0.15, 0.2) is 0 Å². The summed E-state index contributed by atoms with van der Waals surface area (Å²) in [6.07, 6.45) is 3.33. The first-order valence-corrected chi connectivity index (χ1v) is 5.57. The number of rotatable bonds is 4. The highest BCUT2D eigenvalue weighted by molar-refractivity contribution is 4.78. The highest BCUT2D eigenvalue weighted by Crippen LogP contribution is 2.20. The van der Waals surface area contributed by atoms with Gasteiger partial charge in [0.2, 0.25) is 0 Å². The molecule has 1 saturated heterocycles. The van der Waals surface area contributed by atoms with Crippen LogP contribution in [0.4, 0.5) is 0 Å². The Morgan fingerprint density at radius 3 is 2.71 bits per heavy atom. The molecule has 0 aliphatic carbocycles. The highest BCUT2D eigenvalue weighted by Gasteiger charge is 2.24. The standard InChI is InChI=1S/C11H23NO2/c1-11(2,14)9-12-6-3-4-10(8-12)5-7-13/h10,13-14H,3-9H2,1-2H3. The van der Waals surface area contributed by atoms with Crippen molar-refractivity contribution in [3.8, 4) is 0 Å². The maximum atomic E-state index is 9.70. The number of hydrogen-bond acceptors (Lipinski definition) is 3. The zero-order valence-electron chi connectivity index (χ0n) is 9.37. The van der Waals surface area contributed by atoms with Crippen molar-refractivity contribution in [1.29, 1.82) is 0 Å². The van der Waals surface area contributed by atoms with Gasteiger partial charge < -0.3 is 15.1 Å². The molecule has 1 atom stereocenters. The lowest BCUT2D eigenvalue weighted by Crippen LogP contribution is -2.44. The molecule has 1 rings (SSSR count). The van der Waals surface area contributed by atoms with Gasteiger partial charge in [0.1, 0.15) is 0 Å². The van der Waals surface area contributed by atoms with E-state index in [0.717, 1.165) is 26.1 Å². The summed E-state index contributed by atoms with van der Waals surface area (Å²) in [7, 11) is 0. The number of aliphatic hydroxyl groups excluding tert-OH is 1. The fourth-order valence-corrected chi connectivity index (χ4v) is 2.26. The summed E-state index contributed by atoms with van der Waals surface area (Å²) in [5.74, 6) is 0.621. The van der Waals surface area contributed by atoms with Gasteiger partial charge in [0.25, 0.3) is 0 Å². The van der Waals surface area contributed by atoms with Crippen molar-refractivity contribution in [3.63, 3.8) is 0 Å². The molecule has 0 aromatic rings. The van der Waals surface area contributed by atoms with E-state index in [9.17, 15) is 5.11 Å². The van der Waals surface area contributed by atoms with Gasteiger partial charge in [-0.05, 0) is 45.6 Å². The number of nitrogens with zero attached hydrogens (tertiary/aromatic N) is 1. The lowest BCUT2D eigenvalue weighted by molar-refractivity contribution is 0.0194. The molecule has 3 nitrogen and oxygen atoms in total. The molecule has 14 heavy (non-hydrogen) atoms. The minimum atomic E-state index is -0.596. The van der Waals surface area contributed by atoms with Crippen LogP contribution in [0.2, 0.25) is 0 Å². The van der Waals surface area contributed by atoms with E-state index in [4.69, 9.17) is 5.11 Å². The highest BCUT2D eigenvalue weighted by atomic mass is 16.3. The van der Waals surface area contributed by atoms with E-state index in [2.05, 4.69) is 4.90 Å². The topological polar surface area (TPSA) is 43.7 Å². The Kier molecular flexibility index (Phi) is 4.35. The second-order valence-electron chi connectivity index (χ2n) is 5.07. The Bertz CT molecular complexity index is 163. The van der Waals surface area contributed by atoms with Gasteiger partial charge >= 0.3 is 0 Å². The molecule has 1 unspecified atom stereocenters. The average Bonchev–Trinajstić information content (AvgIpc) is 2.02. The van der Waals surface area contributed by atoms with Crippen LogP contribution in [-0.4, -0.2) is 47.0 Å². The molecule has 0 amide bonds. The third-order valence-corrected chi connectivity index (χ3v) is 2.75. The molecular formula is C11H23NO2. The summed E-state index contributed by atoms with van der Waals surface area (Å²) in [4.78, 5) is 2.31. The van der Waals surface area contributed by atoms with Crippen LogP contribution < -0.4 is 0 Å². The third kappa shape index (κ3) is 4.40. The number of β-amino-alcohol motifs (C(OH)–C–C–N with tert-alkyl or cyclic N) is 1. The van der Waals surface area contributed by atoms with Crippen molar-refractivity contribution in [3.05, 3.63) is 0 Å². The second kappa shape index (κ2) is 5.10. The maximum absolute atomic E-state index is 9.70. The normalized spacial score (nSPS) is 25.3. The second-order valence-corrected chi connectivity index (χ2v) is 5.07. The smallest absolute Gasteiger partial charge is 0.0718 e. The summed E-state index contributed by atoms with van der Waals surface area (Å²) >= 11 is 0. The van der Waals surface area contributed by atoms with E-state index in [1.165, 1.54) is 12.8 Å². The van der Waals surface area contributed by atoms with Gasteiger partial charge in [0.15, 0.2) is 0 Å². The van der Waals surface area contributed by atoms with Crippen molar-refractivity contribution in [2.24, 2.45) is 5.92 Å². The van der Waals surface area contributed by atoms with Gasteiger partial charge in [-0.3, -0.25) is 0 Å². The Labute approximate surface area is 86.7 Å². The van der Waals surface area contributed by atoms with Crippen molar-refractivity contribution in [2.45, 2.75) is 38.7 Å². The molecule has 3 heteroatoms. The summed E-state index contributed by atoms with van der Waals surface area (Å²) in [6, 6.07) is 0. The minimum Gasteiger partial charge on any atom is -0.396 e. The fourth-order valence-electron chi connectivity index (χ4n) is 2.26. The predicted molar refractivity (Wildman–Crippen MR) is 57.2 cm³/mol. The summed E-state index contributed by atoms with van der Waals surface area (Å²) in [5.41, 5.74) is -0.596. The van der Waals surface area contributed by atoms with E-state index in [1.54, 1.807) is 0 Å². The van der Waals surface area contributed by atoms with Crippen LogP contribution in [0.3, 0.4) is 0 Å². The van der Waals surface area contributed by atoms with E-state index in [0.29, 0.717) is 12.5 Å². The quantitative estimate of drug-likeness (QED) is 0.709. The Morgan fingerprint density at radius 2 is 2.14 bits per heavy atom.